The van der Waals surface area contributed by atoms with Crippen molar-refractivity contribution in [2.45, 2.75) is 6.18 Å². The molecular formula is C13H13BrF3N. The predicted octanol–water partition coefficient (Wildman–Crippen LogP) is 4.43. The molecule has 1 aromatic rings. The van der Waals surface area contributed by atoms with Crippen molar-refractivity contribution >= 4 is 15.9 Å². The van der Waals surface area contributed by atoms with E-state index in [1.165, 1.54) is 12.1 Å². The number of alkyl halides is 4. The van der Waals surface area contributed by atoms with Gasteiger partial charge >= 0.3 is 6.18 Å². The van der Waals surface area contributed by atoms with Crippen molar-refractivity contribution in [1.82, 2.24) is 4.90 Å². The fourth-order valence-corrected chi connectivity index (χ4v) is 1.59. The largest absolute Gasteiger partial charge is 0.416 e. The molecule has 1 aromatic carbocycles. The summed E-state index contributed by atoms with van der Waals surface area (Å²) in [5.41, 5.74) is 0.323. The third kappa shape index (κ3) is 5.40. The molecule has 98 valence electrons. The fraction of sp³-hybridized carbons (Fsp3) is 0.231. The molecule has 0 saturated heterocycles. The molecule has 0 saturated carbocycles. The molecule has 1 aliphatic heterocycles. The van der Waals surface area contributed by atoms with E-state index in [1.807, 2.05) is 6.08 Å². The van der Waals surface area contributed by atoms with Crippen LogP contribution in [0.4, 0.5) is 13.2 Å². The van der Waals surface area contributed by atoms with E-state index in [-0.39, 0.29) is 0 Å². The van der Waals surface area contributed by atoms with Gasteiger partial charge in [-0.15, -0.1) is 0 Å². The average molecular weight is 320 g/mol. The molecule has 2 rings (SSSR count). The summed E-state index contributed by atoms with van der Waals surface area (Å²) < 4.78 is 35.4. The third-order valence-corrected chi connectivity index (χ3v) is 2.78. The standard InChI is InChI=1S/C7H5F3.C6H8BrN/c8-7(9,10)6-4-2-1-3-5-6;7-6-8-4-2-1-3-5-8/h1-5H;1-4H,5-6H2. The number of allylic oxidation sites excluding steroid dienone is 2. The van der Waals surface area contributed by atoms with Crippen molar-refractivity contribution in [3.05, 3.63) is 60.3 Å². The van der Waals surface area contributed by atoms with E-state index in [0.717, 1.165) is 24.1 Å². The molecule has 0 unspecified atom stereocenters. The minimum atomic E-state index is -4.21. The molecular weight excluding hydrogens is 307 g/mol. The van der Waals surface area contributed by atoms with Crippen LogP contribution in [0.5, 0.6) is 0 Å². The summed E-state index contributed by atoms with van der Waals surface area (Å²) in [7, 11) is 0. The highest BCUT2D eigenvalue weighted by atomic mass is 79.9. The van der Waals surface area contributed by atoms with Gasteiger partial charge in [0.1, 0.15) is 0 Å². The zero-order valence-electron chi connectivity index (χ0n) is 9.57. The van der Waals surface area contributed by atoms with Gasteiger partial charge in [0, 0.05) is 12.7 Å². The molecule has 1 heterocycles. The van der Waals surface area contributed by atoms with E-state index in [2.05, 4.69) is 39.2 Å². The average Bonchev–Trinajstić information content (AvgIpc) is 2.40. The van der Waals surface area contributed by atoms with E-state index in [9.17, 15) is 13.2 Å². The van der Waals surface area contributed by atoms with Crippen LogP contribution < -0.4 is 0 Å². The smallest absolute Gasteiger partial charge is 0.364 e. The Morgan fingerprint density at radius 2 is 1.78 bits per heavy atom. The van der Waals surface area contributed by atoms with Gasteiger partial charge in [0.15, 0.2) is 0 Å². The first-order chi connectivity index (χ1) is 8.54. The Labute approximate surface area is 113 Å². The molecule has 5 heteroatoms. The van der Waals surface area contributed by atoms with E-state index >= 15 is 0 Å². The molecule has 0 amide bonds. The topological polar surface area (TPSA) is 3.24 Å². The van der Waals surface area contributed by atoms with Gasteiger partial charge in [-0.05, 0) is 6.08 Å². The lowest BCUT2D eigenvalue weighted by molar-refractivity contribution is -0.137. The van der Waals surface area contributed by atoms with Crippen LogP contribution in [0.15, 0.2) is 54.8 Å². The third-order valence-electron chi connectivity index (χ3n) is 2.14. The van der Waals surface area contributed by atoms with Gasteiger partial charge < -0.3 is 4.90 Å². The minimum absolute atomic E-state index is 0.602. The Hall–Kier alpha value is -1.23. The lowest BCUT2D eigenvalue weighted by atomic mass is 10.2. The molecule has 0 spiro atoms. The zero-order chi connectivity index (χ0) is 13.4. The second-order valence-corrected chi connectivity index (χ2v) is 4.03. The molecule has 0 fully saturated rings. The van der Waals surface area contributed by atoms with Gasteiger partial charge in [-0.1, -0.05) is 58.4 Å². The Balaban J connectivity index is 0.000000184. The summed E-state index contributed by atoms with van der Waals surface area (Å²) in [6.07, 6.45) is 4.07. The SMILES string of the molecule is BrCN1C=CC=CC1.FC(F)(F)c1ccccc1. The first-order valence-electron chi connectivity index (χ1n) is 5.29. The van der Waals surface area contributed by atoms with Gasteiger partial charge in [0.25, 0.3) is 0 Å². The molecule has 0 bridgehead atoms. The summed E-state index contributed by atoms with van der Waals surface area (Å²) in [5.74, 6) is 0. The molecule has 18 heavy (non-hydrogen) atoms. The maximum atomic E-state index is 11.8. The highest BCUT2D eigenvalue weighted by Crippen LogP contribution is 2.28. The summed E-state index contributed by atoms with van der Waals surface area (Å²) in [5, 5.41) is 0. The zero-order valence-corrected chi connectivity index (χ0v) is 11.2. The summed E-state index contributed by atoms with van der Waals surface area (Å²) >= 11 is 3.35. The first-order valence-corrected chi connectivity index (χ1v) is 6.42. The van der Waals surface area contributed by atoms with Gasteiger partial charge in [-0.3, -0.25) is 0 Å². The maximum Gasteiger partial charge on any atom is 0.416 e. The van der Waals surface area contributed by atoms with Crippen LogP contribution in [0.2, 0.25) is 0 Å². The Morgan fingerprint density at radius 1 is 1.11 bits per heavy atom. The second kappa shape index (κ2) is 7.26. The molecule has 0 aliphatic carbocycles. The maximum absolute atomic E-state index is 11.8. The van der Waals surface area contributed by atoms with E-state index in [1.54, 1.807) is 6.07 Å². The van der Waals surface area contributed by atoms with Gasteiger partial charge in [-0.25, -0.2) is 0 Å². The molecule has 0 atom stereocenters. The van der Waals surface area contributed by atoms with Crippen molar-refractivity contribution < 1.29 is 13.2 Å². The summed E-state index contributed by atoms with van der Waals surface area (Å²) in [6.45, 7) is 1.03. The van der Waals surface area contributed by atoms with E-state index in [4.69, 9.17) is 0 Å². The molecule has 0 aromatic heterocycles. The lowest BCUT2D eigenvalue weighted by Crippen LogP contribution is -2.15. The van der Waals surface area contributed by atoms with Crippen molar-refractivity contribution in [3.8, 4) is 0 Å². The Kier molecular flexibility index (Phi) is 5.98. The predicted molar refractivity (Wildman–Crippen MR) is 70.2 cm³/mol. The number of nitrogens with zero attached hydrogens (tertiary/aromatic N) is 1. The number of hydrogen-bond acceptors (Lipinski definition) is 1. The van der Waals surface area contributed by atoms with Crippen LogP contribution in [0, 0.1) is 0 Å². The van der Waals surface area contributed by atoms with Gasteiger partial charge in [0.05, 0.1) is 11.0 Å². The highest BCUT2D eigenvalue weighted by Gasteiger charge is 2.29. The fourth-order valence-electron chi connectivity index (χ4n) is 1.22. The van der Waals surface area contributed by atoms with E-state index in [0.29, 0.717) is 0 Å². The van der Waals surface area contributed by atoms with Gasteiger partial charge in [0.2, 0.25) is 0 Å². The Bertz CT molecular complexity index is 398. The van der Waals surface area contributed by atoms with Crippen molar-refractivity contribution in [2.24, 2.45) is 0 Å². The first kappa shape index (κ1) is 14.8. The number of rotatable bonds is 1. The number of halogens is 4. The molecule has 0 radical (unpaired) electrons. The van der Waals surface area contributed by atoms with Crippen molar-refractivity contribution in [3.63, 3.8) is 0 Å². The molecule has 1 aliphatic rings. The highest BCUT2D eigenvalue weighted by molar-refractivity contribution is 9.09. The molecule has 1 nitrogen and oxygen atoms in total. The normalized spacial score (nSPS) is 14.1. The Morgan fingerprint density at radius 3 is 2.11 bits per heavy atom. The van der Waals surface area contributed by atoms with Crippen LogP contribution in [0.3, 0.4) is 0 Å². The quantitative estimate of drug-likeness (QED) is 0.546. The van der Waals surface area contributed by atoms with Crippen LogP contribution in [-0.2, 0) is 6.18 Å². The summed E-state index contributed by atoms with van der Waals surface area (Å²) in [4.78, 5) is 2.17. The second-order valence-electron chi connectivity index (χ2n) is 3.52. The van der Waals surface area contributed by atoms with Crippen molar-refractivity contribution in [2.75, 3.05) is 12.0 Å². The monoisotopic (exact) mass is 319 g/mol. The van der Waals surface area contributed by atoms with Gasteiger partial charge in [-0.2, -0.15) is 13.2 Å². The number of benzene rings is 1. The van der Waals surface area contributed by atoms with E-state index < -0.39 is 11.7 Å². The lowest BCUT2D eigenvalue weighted by Gasteiger charge is -2.15. The van der Waals surface area contributed by atoms with Crippen LogP contribution in [0.1, 0.15) is 5.56 Å². The summed E-state index contributed by atoms with van der Waals surface area (Å²) in [6, 6.07) is 6.36. The van der Waals surface area contributed by atoms with Crippen LogP contribution in [-0.4, -0.2) is 16.9 Å². The van der Waals surface area contributed by atoms with Crippen LogP contribution in [0.25, 0.3) is 0 Å². The number of hydrogen-bond donors (Lipinski definition) is 0. The van der Waals surface area contributed by atoms with Crippen molar-refractivity contribution in [1.29, 1.82) is 0 Å². The van der Waals surface area contributed by atoms with Crippen LogP contribution >= 0.6 is 15.9 Å². The molecule has 0 N–H and O–H groups in total. The minimum Gasteiger partial charge on any atom is -0.364 e.